The molecule has 1 aromatic carbocycles. The van der Waals surface area contributed by atoms with Crippen LogP contribution in [0.3, 0.4) is 0 Å². The first-order chi connectivity index (χ1) is 5.34. The van der Waals surface area contributed by atoms with Crippen molar-refractivity contribution >= 4 is 5.97 Å². The van der Waals surface area contributed by atoms with Crippen LogP contribution >= 0.6 is 0 Å². The maximum absolute atomic E-state index is 11.5. The molecule has 0 aliphatic rings. The predicted molar refractivity (Wildman–Crippen MR) is 37.8 cm³/mol. The monoisotopic (exact) mass is 153 g/mol. The van der Waals surface area contributed by atoms with Gasteiger partial charge in [0.05, 0.1) is 5.56 Å². The smallest absolute Gasteiger partial charge is 0.340 e. The summed E-state index contributed by atoms with van der Waals surface area (Å²) in [6.07, 6.45) is 0. The Morgan fingerprint density at radius 1 is 1.36 bits per heavy atom. The Hall–Kier alpha value is -1.38. The molecule has 0 saturated heterocycles. The molecular formula is C8H7FO2. The van der Waals surface area contributed by atoms with E-state index < -0.39 is 12.8 Å². The van der Waals surface area contributed by atoms with E-state index >= 15 is 0 Å². The molecule has 11 heavy (non-hydrogen) atoms. The van der Waals surface area contributed by atoms with Crippen LogP contribution in [0.25, 0.3) is 0 Å². The van der Waals surface area contributed by atoms with Crippen LogP contribution < -0.4 is 0 Å². The Kier molecular flexibility index (Phi) is 2.60. The van der Waals surface area contributed by atoms with Crippen LogP contribution in [0, 0.1) is 0 Å². The van der Waals surface area contributed by atoms with Gasteiger partial charge in [0, 0.05) is 0 Å². The van der Waals surface area contributed by atoms with Gasteiger partial charge in [0.2, 0.25) is 6.86 Å². The van der Waals surface area contributed by atoms with E-state index in [1.807, 2.05) is 0 Å². The van der Waals surface area contributed by atoms with E-state index in [1.54, 1.807) is 30.3 Å². The lowest BCUT2D eigenvalue weighted by Crippen LogP contribution is -2.02. The van der Waals surface area contributed by atoms with Gasteiger partial charge in [-0.05, 0) is 12.1 Å². The molecular weight excluding hydrogens is 146 g/mol. The number of benzene rings is 1. The summed E-state index contributed by atoms with van der Waals surface area (Å²) in [4.78, 5) is 10.8. The Labute approximate surface area is 63.6 Å². The third-order valence-electron chi connectivity index (χ3n) is 1.20. The number of esters is 1. The van der Waals surface area contributed by atoms with Gasteiger partial charge in [-0.1, -0.05) is 18.2 Å². The van der Waals surface area contributed by atoms with Crippen molar-refractivity contribution in [2.45, 2.75) is 0 Å². The van der Waals surface area contributed by atoms with Crippen LogP contribution in [0.5, 0.6) is 0 Å². The first-order valence-electron chi connectivity index (χ1n) is 3.12. The summed E-state index contributed by atoms with van der Waals surface area (Å²) >= 11 is 0. The number of carbonyl (C=O) groups excluding carboxylic acids is 1. The lowest BCUT2D eigenvalue weighted by Gasteiger charge is -1.97. The van der Waals surface area contributed by atoms with Crippen LogP contribution in [-0.4, -0.2) is 12.8 Å². The molecule has 0 N–H and O–H groups in total. The average Bonchev–Trinajstić information content (AvgIpc) is 2.07. The standard InChI is InChI=1S/C8H7FO2/c9-6-11-8(10)7-4-2-1-3-5-7/h1-5H,6H2/i9-1. The van der Waals surface area contributed by atoms with E-state index in [9.17, 15) is 9.18 Å². The molecule has 0 spiro atoms. The van der Waals surface area contributed by atoms with Crippen molar-refractivity contribution in [3.05, 3.63) is 35.9 Å². The molecule has 0 aromatic heterocycles. The zero-order valence-electron chi connectivity index (χ0n) is 5.79. The van der Waals surface area contributed by atoms with E-state index in [0.717, 1.165) is 0 Å². The Morgan fingerprint density at radius 3 is 2.55 bits per heavy atom. The fourth-order valence-electron chi connectivity index (χ4n) is 0.707. The molecule has 0 unspecified atom stereocenters. The molecule has 1 aromatic rings. The molecule has 0 heterocycles. The molecule has 1 rings (SSSR count). The quantitative estimate of drug-likeness (QED) is 0.605. The van der Waals surface area contributed by atoms with Gasteiger partial charge in [-0.2, -0.15) is 0 Å². The fraction of sp³-hybridized carbons (Fsp3) is 0.125. The highest BCUT2D eigenvalue weighted by molar-refractivity contribution is 5.89. The van der Waals surface area contributed by atoms with E-state index in [0.29, 0.717) is 5.56 Å². The molecule has 58 valence electrons. The van der Waals surface area contributed by atoms with Gasteiger partial charge in [0.25, 0.3) is 0 Å². The number of hydrogen-bond acceptors (Lipinski definition) is 2. The maximum Gasteiger partial charge on any atom is 0.340 e. The van der Waals surface area contributed by atoms with Crippen molar-refractivity contribution < 1.29 is 13.9 Å². The second-order valence-electron chi connectivity index (χ2n) is 1.91. The van der Waals surface area contributed by atoms with Crippen molar-refractivity contribution in [3.63, 3.8) is 0 Å². The van der Waals surface area contributed by atoms with Crippen LogP contribution in [0.15, 0.2) is 30.3 Å². The number of hydrogen-bond donors (Lipinski definition) is 0. The number of rotatable bonds is 2. The summed E-state index contributed by atoms with van der Waals surface area (Å²) < 4.78 is 15.6. The lowest BCUT2D eigenvalue weighted by molar-refractivity contribution is 0.0324. The molecule has 0 fully saturated rings. The highest BCUT2D eigenvalue weighted by Gasteiger charge is 2.03. The molecule has 0 aliphatic heterocycles. The third kappa shape index (κ3) is 2.04. The summed E-state index contributed by atoms with van der Waals surface area (Å²) in [6, 6.07) is 8.28. The predicted octanol–water partition coefficient (Wildman–Crippen LogP) is 1.77. The molecule has 3 heteroatoms. The molecule has 0 saturated carbocycles. The van der Waals surface area contributed by atoms with Gasteiger partial charge in [-0.15, -0.1) is 0 Å². The highest BCUT2D eigenvalue weighted by Crippen LogP contribution is 2.00. The van der Waals surface area contributed by atoms with Gasteiger partial charge in [-0.25, -0.2) is 9.18 Å². The minimum atomic E-state index is -1.08. The summed E-state index contributed by atoms with van der Waals surface area (Å²) in [5.74, 6) is -0.631. The molecule has 2 nitrogen and oxygen atoms in total. The zero-order chi connectivity index (χ0) is 8.10. The third-order valence-corrected chi connectivity index (χ3v) is 1.20. The Bertz CT molecular complexity index is 233. The normalized spacial score (nSPS) is 9.18. The van der Waals surface area contributed by atoms with Crippen LogP contribution in [0.1, 0.15) is 10.4 Å². The Morgan fingerprint density at radius 2 is 2.00 bits per heavy atom. The highest BCUT2D eigenvalue weighted by atomic mass is 18.2. The summed E-state index contributed by atoms with van der Waals surface area (Å²) in [5.41, 5.74) is 0.366. The van der Waals surface area contributed by atoms with Crippen molar-refractivity contribution in [1.82, 2.24) is 0 Å². The fourth-order valence-corrected chi connectivity index (χ4v) is 0.707. The lowest BCUT2D eigenvalue weighted by atomic mass is 10.2. The average molecular weight is 153 g/mol. The number of ether oxygens (including phenoxy) is 1. The zero-order valence-corrected chi connectivity index (χ0v) is 5.79. The summed E-state index contributed by atoms with van der Waals surface area (Å²) in [7, 11) is 0. The number of alkyl halides is 1. The summed E-state index contributed by atoms with van der Waals surface area (Å²) in [5, 5.41) is 0. The SMILES string of the molecule is O=C(OC[18F])c1ccccc1. The van der Waals surface area contributed by atoms with Crippen molar-refractivity contribution in [2.24, 2.45) is 0 Å². The van der Waals surface area contributed by atoms with Gasteiger partial charge < -0.3 is 4.74 Å². The van der Waals surface area contributed by atoms with Crippen molar-refractivity contribution in [2.75, 3.05) is 6.86 Å². The van der Waals surface area contributed by atoms with Gasteiger partial charge in [0.15, 0.2) is 0 Å². The van der Waals surface area contributed by atoms with Gasteiger partial charge in [-0.3, -0.25) is 0 Å². The molecule has 0 radical (unpaired) electrons. The maximum atomic E-state index is 11.5. The van der Waals surface area contributed by atoms with E-state index in [-0.39, 0.29) is 0 Å². The molecule has 0 bridgehead atoms. The molecule has 0 amide bonds. The minimum absolute atomic E-state index is 0.366. The van der Waals surface area contributed by atoms with E-state index in [4.69, 9.17) is 0 Å². The minimum Gasteiger partial charge on any atom is -0.430 e. The van der Waals surface area contributed by atoms with Gasteiger partial charge in [0.1, 0.15) is 0 Å². The largest absolute Gasteiger partial charge is 0.430 e. The van der Waals surface area contributed by atoms with Crippen LogP contribution in [0.4, 0.5) is 4.39 Å². The van der Waals surface area contributed by atoms with Crippen molar-refractivity contribution in [1.29, 1.82) is 0 Å². The first-order valence-corrected chi connectivity index (χ1v) is 3.12. The van der Waals surface area contributed by atoms with E-state index in [1.165, 1.54) is 0 Å². The van der Waals surface area contributed by atoms with E-state index in [2.05, 4.69) is 4.74 Å². The van der Waals surface area contributed by atoms with Crippen molar-refractivity contribution in [3.8, 4) is 0 Å². The number of carbonyl (C=O) groups is 1. The second kappa shape index (κ2) is 3.71. The van der Waals surface area contributed by atoms with Crippen LogP contribution in [0.2, 0.25) is 0 Å². The number of halogens is 1. The first kappa shape index (κ1) is 7.72. The summed E-state index contributed by atoms with van der Waals surface area (Å²) in [6.45, 7) is -1.08. The molecule has 0 aliphatic carbocycles. The van der Waals surface area contributed by atoms with Crippen LogP contribution in [-0.2, 0) is 4.74 Å². The second-order valence-corrected chi connectivity index (χ2v) is 1.91. The molecule has 0 atom stereocenters. The Balaban J connectivity index is 2.69. The topological polar surface area (TPSA) is 26.3 Å². The van der Waals surface area contributed by atoms with Gasteiger partial charge >= 0.3 is 5.97 Å².